The highest BCUT2D eigenvalue weighted by atomic mass is 16.5. The Morgan fingerprint density at radius 3 is 2.74 bits per heavy atom. The van der Waals surface area contributed by atoms with E-state index in [2.05, 4.69) is 24.5 Å². The van der Waals surface area contributed by atoms with Gasteiger partial charge in [0.25, 0.3) is 0 Å². The first-order valence-electron chi connectivity index (χ1n) is 6.71. The molecule has 0 aliphatic carbocycles. The van der Waals surface area contributed by atoms with Crippen molar-refractivity contribution in [1.29, 1.82) is 0 Å². The van der Waals surface area contributed by atoms with Gasteiger partial charge in [0, 0.05) is 12.5 Å². The van der Waals surface area contributed by atoms with E-state index >= 15 is 0 Å². The summed E-state index contributed by atoms with van der Waals surface area (Å²) in [6, 6.07) is 6.20. The van der Waals surface area contributed by atoms with Crippen LogP contribution in [0.5, 0.6) is 5.75 Å². The van der Waals surface area contributed by atoms with Gasteiger partial charge in [0.15, 0.2) is 0 Å². The molecular weight excluding hydrogens is 240 g/mol. The number of hydrogen-bond acceptors (Lipinski definition) is 3. The molecule has 0 unspecified atom stereocenters. The van der Waals surface area contributed by atoms with Gasteiger partial charge < -0.3 is 15.4 Å². The number of nitrogens with one attached hydrogen (secondary N) is 2. The zero-order valence-corrected chi connectivity index (χ0v) is 12.2. The van der Waals surface area contributed by atoms with Crippen LogP contribution in [0.2, 0.25) is 0 Å². The molecule has 0 bridgehead atoms. The normalized spacial score (nSPS) is 10.6. The van der Waals surface area contributed by atoms with E-state index < -0.39 is 0 Å². The molecule has 0 saturated heterocycles. The van der Waals surface area contributed by atoms with Crippen molar-refractivity contribution in [1.82, 2.24) is 5.32 Å². The second-order valence-corrected chi connectivity index (χ2v) is 4.96. The van der Waals surface area contributed by atoms with Crippen molar-refractivity contribution >= 4 is 11.6 Å². The zero-order valence-electron chi connectivity index (χ0n) is 12.2. The highest BCUT2D eigenvalue weighted by Gasteiger charge is 2.07. The van der Waals surface area contributed by atoms with E-state index in [-0.39, 0.29) is 5.91 Å². The highest BCUT2D eigenvalue weighted by molar-refractivity contribution is 5.92. The van der Waals surface area contributed by atoms with Crippen molar-refractivity contribution < 1.29 is 9.53 Å². The molecule has 0 radical (unpaired) electrons. The summed E-state index contributed by atoms with van der Waals surface area (Å²) < 4.78 is 5.23. The second kappa shape index (κ2) is 7.79. The average molecular weight is 264 g/mol. The molecule has 4 nitrogen and oxygen atoms in total. The molecule has 1 aromatic carbocycles. The quantitative estimate of drug-likeness (QED) is 0.744. The number of benzene rings is 1. The van der Waals surface area contributed by atoms with Crippen LogP contribution in [0.4, 0.5) is 5.69 Å². The van der Waals surface area contributed by atoms with Gasteiger partial charge >= 0.3 is 0 Å². The van der Waals surface area contributed by atoms with E-state index in [9.17, 15) is 4.79 Å². The number of ether oxygens (including phenoxy) is 1. The monoisotopic (exact) mass is 264 g/mol. The largest absolute Gasteiger partial charge is 0.495 e. The van der Waals surface area contributed by atoms with E-state index in [0.717, 1.165) is 24.2 Å². The Balaban J connectivity index is 2.45. The van der Waals surface area contributed by atoms with Crippen molar-refractivity contribution in [3.05, 3.63) is 23.8 Å². The van der Waals surface area contributed by atoms with Crippen LogP contribution in [0.25, 0.3) is 0 Å². The van der Waals surface area contributed by atoms with E-state index in [1.807, 2.05) is 25.1 Å². The van der Waals surface area contributed by atoms with E-state index in [1.54, 1.807) is 7.11 Å². The molecule has 0 saturated carbocycles. The maximum absolute atomic E-state index is 11.8. The van der Waals surface area contributed by atoms with Crippen molar-refractivity contribution in [2.24, 2.45) is 0 Å². The zero-order chi connectivity index (χ0) is 14.3. The summed E-state index contributed by atoms with van der Waals surface area (Å²) in [5.41, 5.74) is 1.84. The van der Waals surface area contributed by atoms with Crippen LogP contribution in [-0.4, -0.2) is 25.6 Å². The number of rotatable bonds is 7. The maximum Gasteiger partial charge on any atom is 0.224 e. The van der Waals surface area contributed by atoms with Crippen LogP contribution >= 0.6 is 0 Å². The number of carbonyl (C=O) groups is 1. The van der Waals surface area contributed by atoms with Gasteiger partial charge in [0.05, 0.1) is 12.8 Å². The fraction of sp³-hybridized carbons (Fsp3) is 0.533. The minimum Gasteiger partial charge on any atom is -0.495 e. The minimum absolute atomic E-state index is 0.0226. The standard InChI is InChI=1S/C15H24N2O2/c1-11(2)16-9-5-6-15(18)17-13-10-12(3)7-8-14(13)19-4/h7-8,10-11,16H,5-6,9H2,1-4H3,(H,17,18). The summed E-state index contributed by atoms with van der Waals surface area (Å²) in [5.74, 6) is 0.716. The van der Waals surface area contributed by atoms with Gasteiger partial charge in [-0.2, -0.15) is 0 Å². The Morgan fingerprint density at radius 1 is 1.37 bits per heavy atom. The predicted molar refractivity (Wildman–Crippen MR) is 78.7 cm³/mol. The van der Waals surface area contributed by atoms with Gasteiger partial charge in [-0.25, -0.2) is 0 Å². The number of hydrogen-bond donors (Lipinski definition) is 2. The van der Waals surface area contributed by atoms with E-state index in [1.165, 1.54) is 0 Å². The predicted octanol–water partition coefficient (Wildman–Crippen LogP) is 2.72. The van der Waals surface area contributed by atoms with Gasteiger partial charge in [-0.15, -0.1) is 0 Å². The summed E-state index contributed by atoms with van der Waals surface area (Å²) in [5, 5.41) is 6.19. The number of methoxy groups -OCH3 is 1. The smallest absolute Gasteiger partial charge is 0.224 e. The highest BCUT2D eigenvalue weighted by Crippen LogP contribution is 2.25. The Bertz CT molecular complexity index is 417. The molecule has 0 aliphatic heterocycles. The number of amides is 1. The van der Waals surface area contributed by atoms with Gasteiger partial charge in [-0.3, -0.25) is 4.79 Å². The molecule has 0 fully saturated rings. The first kappa shape index (κ1) is 15.5. The lowest BCUT2D eigenvalue weighted by atomic mass is 10.2. The lowest BCUT2D eigenvalue weighted by Crippen LogP contribution is -2.24. The molecule has 0 aliphatic rings. The molecule has 4 heteroatoms. The molecule has 19 heavy (non-hydrogen) atoms. The third kappa shape index (κ3) is 5.75. The maximum atomic E-state index is 11.8. The summed E-state index contributed by atoms with van der Waals surface area (Å²) in [6.45, 7) is 7.03. The molecule has 0 aromatic heterocycles. The van der Waals surface area contributed by atoms with Crippen molar-refractivity contribution in [2.75, 3.05) is 19.0 Å². The van der Waals surface area contributed by atoms with Crippen molar-refractivity contribution in [3.8, 4) is 5.75 Å². The van der Waals surface area contributed by atoms with Crippen molar-refractivity contribution in [3.63, 3.8) is 0 Å². The molecule has 0 heterocycles. The van der Waals surface area contributed by atoms with Crippen LogP contribution in [0.15, 0.2) is 18.2 Å². The second-order valence-electron chi connectivity index (χ2n) is 4.96. The number of aryl methyl sites for hydroxylation is 1. The van der Waals surface area contributed by atoms with Crippen LogP contribution in [-0.2, 0) is 4.79 Å². The number of anilines is 1. The summed E-state index contributed by atoms with van der Waals surface area (Å²) >= 11 is 0. The van der Waals surface area contributed by atoms with Gasteiger partial charge in [0.2, 0.25) is 5.91 Å². The topological polar surface area (TPSA) is 50.4 Å². The third-order valence-corrected chi connectivity index (χ3v) is 2.76. The van der Waals surface area contributed by atoms with Crippen LogP contribution in [0.1, 0.15) is 32.3 Å². The summed E-state index contributed by atoms with van der Waals surface area (Å²) in [7, 11) is 1.60. The Morgan fingerprint density at radius 2 is 2.11 bits per heavy atom. The van der Waals surface area contributed by atoms with E-state index in [4.69, 9.17) is 4.74 Å². The summed E-state index contributed by atoms with van der Waals surface area (Å²) in [4.78, 5) is 11.8. The Hall–Kier alpha value is -1.55. The Kier molecular flexibility index (Phi) is 6.36. The lowest BCUT2D eigenvalue weighted by molar-refractivity contribution is -0.116. The molecule has 1 aromatic rings. The van der Waals surface area contributed by atoms with Crippen LogP contribution in [0.3, 0.4) is 0 Å². The summed E-state index contributed by atoms with van der Waals surface area (Å²) in [6.07, 6.45) is 1.34. The van der Waals surface area contributed by atoms with Crippen LogP contribution < -0.4 is 15.4 Å². The molecule has 1 rings (SSSR count). The van der Waals surface area contributed by atoms with Gasteiger partial charge in [-0.1, -0.05) is 19.9 Å². The molecule has 2 N–H and O–H groups in total. The van der Waals surface area contributed by atoms with E-state index in [0.29, 0.717) is 18.2 Å². The molecule has 0 atom stereocenters. The molecule has 106 valence electrons. The molecule has 1 amide bonds. The third-order valence-electron chi connectivity index (χ3n) is 2.76. The minimum atomic E-state index is 0.0226. The van der Waals surface area contributed by atoms with Crippen molar-refractivity contribution in [2.45, 2.75) is 39.7 Å². The van der Waals surface area contributed by atoms with Gasteiger partial charge in [0.1, 0.15) is 5.75 Å². The number of carbonyl (C=O) groups excluding carboxylic acids is 1. The Labute approximate surface area is 115 Å². The first-order valence-corrected chi connectivity index (χ1v) is 6.71. The fourth-order valence-electron chi connectivity index (χ4n) is 1.77. The molecule has 0 spiro atoms. The van der Waals surface area contributed by atoms with Gasteiger partial charge in [-0.05, 0) is 37.6 Å². The average Bonchev–Trinajstić information content (AvgIpc) is 2.35. The SMILES string of the molecule is COc1ccc(C)cc1NC(=O)CCCNC(C)C. The molecular formula is C15H24N2O2. The lowest BCUT2D eigenvalue weighted by Gasteiger charge is -2.11. The van der Waals surface area contributed by atoms with Crippen LogP contribution in [0, 0.1) is 6.92 Å². The first-order chi connectivity index (χ1) is 9.02. The fourth-order valence-corrected chi connectivity index (χ4v) is 1.77.